The van der Waals surface area contributed by atoms with E-state index in [0.717, 1.165) is 16.7 Å². The van der Waals surface area contributed by atoms with Crippen LogP contribution in [0.15, 0.2) is 0 Å². The number of rotatable bonds is 5. The highest BCUT2D eigenvalue weighted by atomic mass is 35.5. The zero-order valence-corrected chi connectivity index (χ0v) is 12.6. The topological polar surface area (TPSA) is 55.8 Å². The van der Waals surface area contributed by atoms with Crippen LogP contribution in [-0.4, -0.2) is 25.3 Å². The highest BCUT2D eigenvalue weighted by molar-refractivity contribution is 6.33. The number of carbonyl (C=O) groups is 1. The third-order valence-corrected chi connectivity index (χ3v) is 3.73. The number of halogens is 1. The molecule has 0 bridgehead atoms. The molecule has 1 N–H and O–H groups in total. The predicted octanol–water partition coefficient (Wildman–Crippen LogP) is 3.24. The molecule has 0 aliphatic carbocycles. The third-order valence-electron chi connectivity index (χ3n) is 3.28. The molecule has 1 aromatic carbocycles. The van der Waals surface area contributed by atoms with Gasteiger partial charge in [-0.1, -0.05) is 18.5 Å². The van der Waals surface area contributed by atoms with Crippen molar-refractivity contribution in [3.63, 3.8) is 0 Å². The Bertz CT molecular complexity index is 497. The fourth-order valence-electron chi connectivity index (χ4n) is 2.13. The predicted molar refractivity (Wildman–Crippen MR) is 74.5 cm³/mol. The van der Waals surface area contributed by atoms with Gasteiger partial charge in [0.25, 0.3) is 0 Å². The third kappa shape index (κ3) is 2.95. The monoisotopic (exact) mass is 286 g/mol. The van der Waals surface area contributed by atoms with Gasteiger partial charge in [0.05, 0.1) is 25.2 Å². The smallest absolute Gasteiger partial charge is 0.306 e. The number of ether oxygens (including phenoxy) is 2. The summed E-state index contributed by atoms with van der Waals surface area (Å²) in [6, 6.07) is 0. The molecule has 0 heterocycles. The van der Waals surface area contributed by atoms with E-state index in [1.165, 1.54) is 0 Å². The van der Waals surface area contributed by atoms with Gasteiger partial charge in [0, 0.05) is 11.1 Å². The number of methoxy groups -OCH3 is 2. The number of aliphatic carboxylic acids is 1. The van der Waals surface area contributed by atoms with Crippen LogP contribution in [0.2, 0.25) is 5.02 Å². The number of benzene rings is 1. The molecule has 0 aliphatic rings. The van der Waals surface area contributed by atoms with Crippen LogP contribution < -0.4 is 9.47 Å². The number of carboxylic acid groups (broad SMARTS) is 1. The summed E-state index contributed by atoms with van der Waals surface area (Å²) in [5.41, 5.74) is 2.42. The quantitative estimate of drug-likeness (QED) is 0.903. The minimum absolute atomic E-state index is 0.374. The van der Waals surface area contributed by atoms with Gasteiger partial charge in [-0.05, 0) is 25.8 Å². The summed E-state index contributed by atoms with van der Waals surface area (Å²) in [4.78, 5) is 11.0. The van der Waals surface area contributed by atoms with E-state index in [1.807, 2.05) is 13.8 Å². The molecular formula is C14H19ClO4. The summed E-state index contributed by atoms with van der Waals surface area (Å²) in [7, 11) is 3.10. The van der Waals surface area contributed by atoms with E-state index in [1.54, 1.807) is 21.1 Å². The summed E-state index contributed by atoms with van der Waals surface area (Å²) in [6.07, 6.45) is 0.374. The van der Waals surface area contributed by atoms with E-state index in [9.17, 15) is 4.79 Å². The lowest BCUT2D eigenvalue weighted by Crippen LogP contribution is -2.14. The first kappa shape index (κ1) is 15.6. The number of hydrogen-bond acceptors (Lipinski definition) is 3. The Kier molecular flexibility index (Phi) is 5.06. The van der Waals surface area contributed by atoms with E-state index < -0.39 is 11.9 Å². The summed E-state index contributed by atoms with van der Waals surface area (Å²) in [5, 5.41) is 9.55. The van der Waals surface area contributed by atoms with Crippen molar-refractivity contribution in [3.8, 4) is 11.5 Å². The van der Waals surface area contributed by atoms with Crippen LogP contribution in [0.5, 0.6) is 11.5 Å². The molecule has 0 saturated carbocycles. The van der Waals surface area contributed by atoms with Crippen molar-refractivity contribution in [1.29, 1.82) is 0 Å². The fraction of sp³-hybridized carbons (Fsp3) is 0.500. The SMILES string of the molecule is COc1c(C)c(CC(C)C(=O)O)c(OC)c(C)c1Cl. The van der Waals surface area contributed by atoms with Crippen molar-refractivity contribution in [2.45, 2.75) is 27.2 Å². The average Bonchev–Trinajstić information content (AvgIpc) is 2.36. The van der Waals surface area contributed by atoms with Gasteiger partial charge in [0.2, 0.25) is 0 Å². The van der Waals surface area contributed by atoms with Crippen molar-refractivity contribution in [2.24, 2.45) is 5.92 Å². The zero-order chi connectivity index (χ0) is 14.7. The Balaban J connectivity index is 3.43. The minimum atomic E-state index is -0.840. The zero-order valence-electron chi connectivity index (χ0n) is 11.8. The highest BCUT2D eigenvalue weighted by Crippen LogP contribution is 2.41. The molecule has 1 atom stereocenters. The summed E-state index contributed by atoms with van der Waals surface area (Å²) in [5.74, 6) is -0.130. The van der Waals surface area contributed by atoms with E-state index in [2.05, 4.69) is 0 Å². The Morgan fingerprint density at radius 2 is 1.74 bits per heavy atom. The molecule has 0 aromatic heterocycles. The van der Waals surface area contributed by atoms with Crippen molar-refractivity contribution in [1.82, 2.24) is 0 Å². The van der Waals surface area contributed by atoms with E-state index in [4.69, 9.17) is 26.2 Å². The molecule has 0 aliphatic heterocycles. The summed E-state index contributed by atoms with van der Waals surface area (Å²) in [6.45, 7) is 5.35. The maximum atomic E-state index is 11.0. The Hall–Kier alpha value is -1.42. The normalized spacial score (nSPS) is 12.1. The maximum absolute atomic E-state index is 11.0. The van der Waals surface area contributed by atoms with Crippen LogP contribution in [-0.2, 0) is 11.2 Å². The van der Waals surface area contributed by atoms with Crippen LogP contribution in [0, 0.1) is 19.8 Å². The van der Waals surface area contributed by atoms with Crippen molar-refractivity contribution >= 4 is 17.6 Å². The molecule has 0 amide bonds. The second kappa shape index (κ2) is 6.15. The first-order valence-corrected chi connectivity index (χ1v) is 6.35. The molecule has 0 fully saturated rings. The van der Waals surface area contributed by atoms with Crippen molar-refractivity contribution in [3.05, 3.63) is 21.7 Å². The van der Waals surface area contributed by atoms with Gasteiger partial charge in [-0.25, -0.2) is 0 Å². The van der Waals surface area contributed by atoms with Crippen molar-refractivity contribution in [2.75, 3.05) is 14.2 Å². The molecule has 0 spiro atoms. The largest absolute Gasteiger partial charge is 0.496 e. The Morgan fingerprint density at radius 3 is 2.16 bits per heavy atom. The molecule has 1 aromatic rings. The van der Waals surface area contributed by atoms with Gasteiger partial charge >= 0.3 is 5.97 Å². The van der Waals surface area contributed by atoms with Gasteiger partial charge < -0.3 is 14.6 Å². The van der Waals surface area contributed by atoms with E-state index >= 15 is 0 Å². The van der Waals surface area contributed by atoms with E-state index in [-0.39, 0.29) is 0 Å². The average molecular weight is 287 g/mol. The highest BCUT2D eigenvalue weighted by Gasteiger charge is 2.23. The van der Waals surface area contributed by atoms with Crippen LogP contribution in [0.25, 0.3) is 0 Å². The summed E-state index contributed by atoms with van der Waals surface area (Å²) >= 11 is 6.23. The standard InChI is InChI=1S/C14H19ClO4/c1-7(14(16)17)6-10-8(2)13(19-5)11(15)9(3)12(10)18-4/h7H,6H2,1-5H3,(H,16,17). The molecule has 1 unspecified atom stereocenters. The van der Waals surface area contributed by atoms with Crippen LogP contribution in [0.4, 0.5) is 0 Å². The first-order valence-electron chi connectivity index (χ1n) is 5.97. The lowest BCUT2D eigenvalue weighted by atomic mass is 9.94. The van der Waals surface area contributed by atoms with Crippen LogP contribution >= 0.6 is 11.6 Å². The number of carboxylic acids is 1. The first-order chi connectivity index (χ1) is 8.84. The second-order valence-electron chi connectivity index (χ2n) is 4.55. The molecule has 0 radical (unpaired) electrons. The maximum Gasteiger partial charge on any atom is 0.306 e. The van der Waals surface area contributed by atoms with Gasteiger partial charge in [-0.2, -0.15) is 0 Å². The van der Waals surface area contributed by atoms with Crippen molar-refractivity contribution < 1.29 is 19.4 Å². The van der Waals surface area contributed by atoms with Crippen LogP contribution in [0.3, 0.4) is 0 Å². The molecule has 1 rings (SSSR count). The minimum Gasteiger partial charge on any atom is -0.496 e. The lowest BCUT2D eigenvalue weighted by Gasteiger charge is -2.20. The molecule has 19 heavy (non-hydrogen) atoms. The molecular weight excluding hydrogens is 268 g/mol. The van der Waals surface area contributed by atoms with Crippen LogP contribution in [0.1, 0.15) is 23.6 Å². The number of hydrogen-bond donors (Lipinski definition) is 1. The van der Waals surface area contributed by atoms with E-state index in [0.29, 0.717) is 22.9 Å². The lowest BCUT2D eigenvalue weighted by molar-refractivity contribution is -0.141. The Morgan fingerprint density at radius 1 is 1.21 bits per heavy atom. The van der Waals surface area contributed by atoms with Gasteiger partial charge in [-0.3, -0.25) is 4.79 Å². The Labute approximate surface area is 118 Å². The molecule has 0 saturated heterocycles. The van der Waals surface area contributed by atoms with Gasteiger partial charge in [0.1, 0.15) is 11.5 Å². The van der Waals surface area contributed by atoms with Gasteiger partial charge in [0.15, 0.2) is 0 Å². The molecule has 5 heteroatoms. The fourth-order valence-corrected chi connectivity index (χ4v) is 2.43. The molecule has 106 valence electrons. The molecule has 4 nitrogen and oxygen atoms in total. The summed E-state index contributed by atoms with van der Waals surface area (Å²) < 4.78 is 10.7. The second-order valence-corrected chi connectivity index (χ2v) is 4.93. The van der Waals surface area contributed by atoms with Gasteiger partial charge in [-0.15, -0.1) is 0 Å².